The van der Waals surface area contributed by atoms with Crippen LogP contribution in [0, 0.1) is 23.7 Å². The molecule has 0 heterocycles. The first kappa shape index (κ1) is 16.3. The molecule has 4 heteroatoms. The third-order valence-electron chi connectivity index (χ3n) is 5.22. The maximum Gasteiger partial charge on any atom is 0.310 e. The second-order valence-corrected chi connectivity index (χ2v) is 6.66. The zero-order chi connectivity index (χ0) is 15.2. The van der Waals surface area contributed by atoms with Crippen molar-refractivity contribution in [2.24, 2.45) is 23.7 Å². The number of fused-ring (bicyclic) bond motifs is 2. The fourth-order valence-corrected chi connectivity index (χ4v) is 4.14. The Morgan fingerprint density at radius 1 is 1.00 bits per heavy atom. The molecule has 0 aliphatic heterocycles. The molecule has 4 atom stereocenters. The third kappa shape index (κ3) is 3.98. The van der Waals surface area contributed by atoms with E-state index in [1.165, 1.54) is 25.7 Å². The summed E-state index contributed by atoms with van der Waals surface area (Å²) in [7, 11) is 0. The molecule has 2 rings (SSSR count). The van der Waals surface area contributed by atoms with Gasteiger partial charge < -0.3 is 9.84 Å². The van der Waals surface area contributed by atoms with E-state index in [1.54, 1.807) is 0 Å². The summed E-state index contributed by atoms with van der Waals surface area (Å²) in [5.74, 6) is -1.53. The van der Waals surface area contributed by atoms with Crippen molar-refractivity contribution >= 4 is 11.9 Å². The first-order valence-electron chi connectivity index (χ1n) is 8.54. The number of carbonyl (C=O) groups excluding carboxylic acids is 1. The SMILES string of the molecule is CCCCCCCCOC(=O)C1C2CCC(C2)C1C(=O)O. The quantitative estimate of drug-likeness (QED) is 0.521. The summed E-state index contributed by atoms with van der Waals surface area (Å²) in [5, 5.41) is 9.34. The topological polar surface area (TPSA) is 63.6 Å². The van der Waals surface area contributed by atoms with Gasteiger partial charge in [-0.05, 0) is 37.5 Å². The lowest BCUT2D eigenvalue weighted by Crippen LogP contribution is -2.35. The third-order valence-corrected chi connectivity index (χ3v) is 5.22. The van der Waals surface area contributed by atoms with Crippen LogP contribution in [0.1, 0.15) is 64.7 Å². The summed E-state index contributed by atoms with van der Waals surface area (Å²) in [4.78, 5) is 23.6. The highest BCUT2D eigenvalue weighted by Gasteiger charge is 2.54. The molecule has 4 unspecified atom stereocenters. The highest BCUT2D eigenvalue weighted by atomic mass is 16.5. The number of aliphatic carboxylic acids is 1. The number of esters is 1. The Bertz CT molecular complexity index is 366. The molecule has 0 amide bonds. The van der Waals surface area contributed by atoms with Gasteiger partial charge in [-0.2, -0.15) is 0 Å². The van der Waals surface area contributed by atoms with Gasteiger partial charge in [-0.15, -0.1) is 0 Å². The molecule has 0 radical (unpaired) electrons. The maximum atomic E-state index is 12.2. The standard InChI is InChI=1S/C17H28O4/c1-2-3-4-5-6-7-10-21-17(20)15-13-9-8-12(11-13)14(15)16(18)19/h12-15H,2-11H2,1H3,(H,18,19). The molecule has 0 saturated heterocycles. The first-order valence-corrected chi connectivity index (χ1v) is 8.54. The Morgan fingerprint density at radius 3 is 2.29 bits per heavy atom. The zero-order valence-corrected chi connectivity index (χ0v) is 13.1. The summed E-state index contributed by atoms with van der Waals surface area (Å²) in [6.07, 6.45) is 9.78. The van der Waals surface area contributed by atoms with Crippen LogP contribution < -0.4 is 0 Å². The van der Waals surface area contributed by atoms with Crippen molar-refractivity contribution in [2.45, 2.75) is 64.7 Å². The van der Waals surface area contributed by atoms with E-state index in [4.69, 9.17) is 4.74 Å². The molecule has 1 N–H and O–H groups in total. The zero-order valence-electron chi connectivity index (χ0n) is 13.1. The number of carboxylic acid groups (broad SMARTS) is 1. The molecule has 2 bridgehead atoms. The van der Waals surface area contributed by atoms with E-state index in [0.717, 1.165) is 32.1 Å². The van der Waals surface area contributed by atoms with Crippen LogP contribution in [0.25, 0.3) is 0 Å². The maximum absolute atomic E-state index is 12.2. The Labute approximate surface area is 127 Å². The molecule has 0 aromatic rings. The minimum atomic E-state index is -0.816. The van der Waals surface area contributed by atoms with Crippen LogP contribution in [0.2, 0.25) is 0 Å². The smallest absolute Gasteiger partial charge is 0.310 e. The highest BCUT2D eigenvalue weighted by Crippen LogP contribution is 2.52. The van der Waals surface area contributed by atoms with Gasteiger partial charge in [0.25, 0.3) is 0 Å². The van der Waals surface area contributed by atoms with Crippen molar-refractivity contribution in [1.82, 2.24) is 0 Å². The number of rotatable bonds is 9. The lowest BCUT2D eigenvalue weighted by atomic mass is 9.79. The molecule has 2 saturated carbocycles. The van der Waals surface area contributed by atoms with Crippen molar-refractivity contribution in [3.8, 4) is 0 Å². The second kappa shape index (κ2) is 7.81. The number of ether oxygens (including phenoxy) is 1. The van der Waals surface area contributed by atoms with E-state index in [0.29, 0.717) is 6.61 Å². The van der Waals surface area contributed by atoms with Crippen molar-refractivity contribution in [3.05, 3.63) is 0 Å². The molecule has 4 nitrogen and oxygen atoms in total. The van der Waals surface area contributed by atoms with Gasteiger partial charge in [-0.3, -0.25) is 9.59 Å². The van der Waals surface area contributed by atoms with Crippen LogP contribution in [-0.2, 0) is 14.3 Å². The van der Waals surface area contributed by atoms with Gasteiger partial charge in [0.05, 0.1) is 18.4 Å². The average molecular weight is 296 g/mol. The van der Waals surface area contributed by atoms with E-state index in [9.17, 15) is 14.7 Å². The van der Waals surface area contributed by atoms with Gasteiger partial charge in [0.15, 0.2) is 0 Å². The van der Waals surface area contributed by atoms with Crippen molar-refractivity contribution in [3.63, 3.8) is 0 Å². The number of hydrogen-bond acceptors (Lipinski definition) is 3. The van der Waals surface area contributed by atoms with E-state index in [2.05, 4.69) is 6.92 Å². The van der Waals surface area contributed by atoms with E-state index in [-0.39, 0.29) is 23.7 Å². The number of hydrogen-bond donors (Lipinski definition) is 1. The average Bonchev–Trinajstić information content (AvgIpc) is 3.06. The van der Waals surface area contributed by atoms with Gasteiger partial charge in [-0.1, -0.05) is 39.0 Å². The Morgan fingerprint density at radius 2 is 1.62 bits per heavy atom. The molecule has 0 aromatic carbocycles. The predicted molar refractivity (Wildman–Crippen MR) is 79.8 cm³/mol. The fourth-order valence-electron chi connectivity index (χ4n) is 4.14. The van der Waals surface area contributed by atoms with Crippen LogP contribution in [0.4, 0.5) is 0 Å². The van der Waals surface area contributed by atoms with E-state index >= 15 is 0 Å². The Hall–Kier alpha value is -1.06. The molecule has 0 spiro atoms. The van der Waals surface area contributed by atoms with Crippen molar-refractivity contribution in [2.75, 3.05) is 6.61 Å². The molecule has 120 valence electrons. The van der Waals surface area contributed by atoms with Gasteiger partial charge in [-0.25, -0.2) is 0 Å². The van der Waals surface area contributed by atoms with Gasteiger partial charge in [0.1, 0.15) is 0 Å². The predicted octanol–water partition coefficient (Wildman–Crippen LogP) is 3.64. The summed E-state index contributed by atoms with van der Waals surface area (Å²) < 4.78 is 5.36. The van der Waals surface area contributed by atoms with Gasteiger partial charge in [0.2, 0.25) is 0 Å². The van der Waals surface area contributed by atoms with E-state index < -0.39 is 11.9 Å². The summed E-state index contributed by atoms with van der Waals surface area (Å²) >= 11 is 0. The molecular weight excluding hydrogens is 268 g/mol. The molecule has 0 aromatic heterocycles. The van der Waals surface area contributed by atoms with Crippen LogP contribution in [0.15, 0.2) is 0 Å². The Balaban J connectivity index is 1.69. The number of carbonyl (C=O) groups is 2. The van der Waals surface area contributed by atoms with Crippen LogP contribution in [0.5, 0.6) is 0 Å². The molecule has 2 fully saturated rings. The normalized spacial score (nSPS) is 30.5. The lowest BCUT2D eigenvalue weighted by molar-refractivity contribution is -0.160. The summed E-state index contributed by atoms with van der Waals surface area (Å²) in [6, 6.07) is 0. The summed E-state index contributed by atoms with van der Waals surface area (Å²) in [6.45, 7) is 2.64. The fraction of sp³-hybridized carbons (Fsp3) is 0.882. The van der Waals surface area contributed by atoms with Crippen LogP contribution >= 0.6 is 0 Å². The molecule has 2 aliphatic carbocycles. The number of unbranched alkanes of at least 4 members (excludes halogenated alkanes) is 5. The monoisotopic (exact) mass is 296 g/mol. The van der Waals surface area contributed by atoms with Crippen LogP contribution in [0.3, 0.4) is 0 Å². The van der Waals surface area contributed by atoms with Gasteiger partial charge >= 0.3 is 11.9 Å². The first-order chi connectivity index (χ1) is 10.1. The van der Waals surface area contributed by atoms with Crippen molar-refractivity contribution in [1.29, 1.82) is 0 Å². The van der Waals surface area contributed by atoms with Gasteiger partial charge in [0, 0.05) is 0 Å². The largest absolute Gasteiger partial charge is 0.481 e. The van der Waals surface area contributed by atoms with E-state index in [1.807, 2.05) is 0 Å². The minimum absolute atomic E-state index is 0.194. The molecule has 2 aliphatic rings. The highest BCUT2D eigenvalue weighted by molar-refractivity contribution is 5.82. The minimum Gasteiger partial charge on any atom is -0.481 e. The molecule has 21 heavy (non-hydrogen) atoms. The lowest BCUT2D eigenvalue weighted by Gasteiger charge is -2.26. The summed E-state index contributed by atoms with van der Waals surface area (Å²) in [5.41, 5.74) is 0. The van der Waals surface area contributed by atoms with Crippen molar-refractivity contribution < 1.29 is 19.4 Å². The Kier molecular flexibility index (Phi) is 6.07. The van der Waals surface area contributed by atoms with Crippen LogP contribution in [-0.4, -0.2) is 23.7 Å². The number of carboxylic acids is 1. The molecular formula is C17H28O4. The second-order valence-electron chi connectivity index (χ2n) is 6.66.